The predicted molar refractivity (Wildman–Crippen MR) is 195 cm³/mol. The maximum Gasteiger partial charge on any atom is 0.411 e. The average molecular weight is 691 g/mol. The number of carbonyl (C=O) groups is 2. The SMILES string of the molecule is O=C(CCN1CCC(OC(=O)Nc2ccccc2-c2ccccc2)CC1)NCc1cccc(CNC[C@@H](O)c2ccc(O)c3[nH]c(=O)ccc23)n1. The highest BCUT2D eigenvalue weighted by Crippen LogP contribution is 2.29. The molecule has 12 nitrogen and oxygen atoms in total. The van der Waals surface area contributed by atoms with Crippen LogP contribution in [-0.4, -0.2) is 69.4 Å². The average Bonchev–Trinajstić information content (AvgIpc) is 3.15. The molecule has 1 atom stereocenters. The molecule has 0 bridgehead atoms. The number of aliphatic hydroxyl groups excluding tert-OH is 1. The van der Waals surface area contributed by atoms with Gasteiger partial charge in [0, 0.05) is 56.2 Å². The van der Waals surface area contributed by atoms with Crippen molar-refractivity contribution in [2.45, 2.75) is 44.6 Å². The number of H-pyrrole nitrogens is 1. The number of hydrogen-bond acceptors (Lipinski definition) is 9. The molecule has 6 rings (SSSR count). The van der Waals surface area contributed by atoms with Crippen LogP contribution in [0.4, 0.5) is 10.5 Å². The third-order valence-electron chi connectivity index (χ3n) is 8.95. The van der Waals surface area contributed by atoms with Crippen molar-refractivity contribution < 1.29 is 24.5 Å². The number of hydrogen-bond donors (Lipinski definition) is 6. The van der Waals surface area contributed by atoms with Gasteiger partial charge in [0.25, 0.3) is 0 Å². The van der Waals surface area contributed by atoms with Gasteiger partial charge in [-0.05, 0) is 54.3 Å². The fourth-order valence-corrected chi connectivity index (χ4v) is 6.26. The summed E-state index contributed by atoms with van der Waals surface area (Å²) in [6, 6.07) is 29.2. The van der Waals surface area contributed by atoms with Gasteiger partial charge in [-0.3, -0.25) is 19.9 Å². The Kier molecular flexibility index (Phi) is 11.7. The number of aromatic hydroxyl groups is 1. The predicted octanol–water partition coefficient (Wildman–Crippen LogP) is 4.84. The molecule has 0 radical (unpaired) electrons. The first-order valence-electron chi connectivity index (χ1n) is 17.1. The number of pyridine rings is 2. The number of likely N-dealkylation sites (tertiary alicyclic amines) is 1. The van der Waals surface area contributed by atoms with Crippen LogP contribution >= 0.6 is 0 Å². The van der Waals surface area contributed by atoms with Crippen molar-refractivity contribution in [3.8, 4) is 16.9 Å². The first-order chi connectivity index (χ1) is 24.8. The second kappa shape index (κ2) is 16.9. The summed E-state index contributed by atoms with van der Waals surface area (Å²) >= 11 is 0. The van der Waals surface area contributed by atoms with Crippen LogP contribution in [0.25, 0.3) is 22.0 Å². The van der Waals surface area contributed by atoms with E-state index in [0.29, 0.717) is 55.5 Å². The molecule has 264 valence electrons. The number of para-hydroxylation sites is 1. The van der Waals surface area contributed by atoms with Crippen LogP contribution in [-0.2, 0) is 22.6 Å². The summed E-state index contributed by atoms with van der Waals surface area (Å²) in [5.41, 5.74) is 4.65. The zero-order valence-electron chi connectivity index (χ0n) is 28.2. The Balaban J connectivity index is 0.885. The molecule has 5 aromatic rings. The molecule has 51 heavy (non-hydrogen) atoms. The summed E-state index contributed by atoms with van der Waals surface area (Å²) in [4.78, 5) is 46.5. The number of aromatic nitrogens is 2. The van der Waals surface area contributed by atoms with Crippen LogP contribution in [0.3, 0.4) is 0 Å². The number of amides is 2. The summed E-state index contributed by atoms with van der Waals surface area (Å²) in [5.74, 6) is -0.129. The fraction of sp³-hybridized carbons (Fsp3) is 0.282. The van der Waals surface area contributed by atoms with Crippen LogP contribution < -0.4 is 21.5 Å². The molecule has 2 aromatic heterocycles. The van der Waals surface area contributed by atoms with Gasteiger partial charge in [0.1, 0.15) is 11.9 Å². The lowest BCUT2D eigenvalue weighted by atomic mass is 10.0. The highest BCUT2D eigenvalue weighted by Gasteiger charge is 2.23. The second-order valence-corrected chi connectivity index (χ2v) is 12.6. The Morgan fingerprint density at radius 1 is 0.902 bits per heavy atom. The van der Waals surface area contributed by atoms with Crippen molar-refractivity contribution in [2.75, 3.05) is 31.5 Å². The molecule has 0 aliphatic carbocycles. The van der Waals surface area contributed by atoms with E-state index in [9.17, 15) is 24.6 Å². The van der Waals surface area contributed by atoms with E-state index in [1.807, 2.05) is 72.8 Å². The lowest BCUT2D eigenvalue weighted by Crippen LogP contribution is -2.40. The maximum absolute atomic E-state index is 12.7. The van der Waals surface area contributed by atoms with Crippen molar-refractivity contribution >= 4 is 28.6 Å². The zero-order chi connectivity index (χ0) is 35.6. The van der Waals surface area contributed by atoms with E-state index in [-0.39, 0.29) is 35.4 Å². The van der Waals surface area contributed by atoms with E-state index in [1.54, 1.807) is 12.1 Å². The van der Waals surface area contributed by atoms with Gasteiger partial charge in [0.05, 0.1) is 35.2 Å². The van der Waals surface area contributed by atoms with Gasteiger partial charge < -0.3 is 35.5 Å². The molecule has 1 aliphatic heterocycles. The smallest absolute Gasteiger partial charge is 0.411 e. The van der Waals surface area contributed by atoms with Crippen LogP contribution in [0.5, 0.6) is 5.75 Å². The minimum absolute atomic E-state index is 0.0601. The van der Waals surface area contributed by atoms with Crippen molar-refractivity contribution in [3.63, 3.8) is 0 Å². The number of nitrogens with one attached hydrogen (secondary N) is 4. The quantitative estimate of drug-likeness (QED) is 0.101. The number of phenols is 1. The minimum Gasteiger partial charge on any atom is -0.506 e. The van der Waals surface area contributed by atoms with Crippen LogP contribution in [0.15, 0.2) is 102 Å². The largest absolute Gasteiger partial charge is 0.506 e. The highest BCUT2D eigenvalue weighted by molar-refractivity contribution is 5.91. The Morgan fingerprint density at radius 3 is 2.45 bits per heavy atom. The number of benzene rings is 3. The van der Waals surface area contributed by atoms with Crippen LogP contribution in [0, 0.1) is 0 Å². The van der Waals surface area contributed by atoms with E-state index in [0.717, 1.165) is 35.6 Å². The number of carbonyl (C=O) groups excluding carboxylic acids is 2. The molecule has 2 amide bonds. The first kappa shape index (κ1) is 35.3. The molecule has 1 saturated heterocycles. The molecule has 0 saturated carbocycles. The number of aromatic amines is 1. The molecule has 1 fully saturated rings. The second-order valence-electron chi connectivity index (χ2n) is 12.6. The Morgan fingerprint density at radius 2 is 1.65 bits per heavy atom. The van der Waals surface area contributed by atoms with E-state index in [1.165, 1.54) is 12.1 Å². The molecule has 12 heteroatoms. The lowest BCUT2D eigenvalue weighted by molar-refractivity contribution is -0.121. The van der Waals surface area contributed by atoms with E-state index in [2.05, 4.69) is 30.8 Å². The van der Waals surface area contributed by atoms with Gasteiger partial charge in [0.2, 0.25) is 11.5 Å². The van der Waals surface area contributed by atoms with Crippen LogP contribution in [0.1, 0.15) is 42.3 Å². The molecular weight excluding hydrogens is 648 g/mol. The number of anilines is 1. The zero-order valence-corrected chi connectivity index (χ0v) is 28.2. The number of ether oxygens (including phenoxy) is 1. The molecule has 0 spiro atoms. The summed E-state index contributed by atoms with van der Waals surface area (Å²) in [5, 5.41) is 30.5. The van der Waals surface area contributed by atoms with Gasteiger partial charge in [-0.15, -0.1) is 0 Å². The summed E-state index contributed by atoms with van der Waals surface area (Å²) in [6.07, 6.45) is 0.209. The number of aliphatic hydroxyl groups is 1. The standard InChI is InChI=1S/C39H42N6O6/c46-34-15-13-31(32-14-16-37(49)44-38(32)34)35(47)25-40-23-27-9-6-10-28(42-27)24-41-36(48)19-22-45-20-17-29(18-21-45)51-39(50)43-33-12-5-4-11-30(33)26-7-2-1-3-8-26/h1-16,29,35,40,46-47H,17-25H2,(H,41,48)(H,43,50)(H,44,49)/t35-/m1/s1. The monoisotopic (exact) mass is 690 g/mol. The Labute approximate surface area is 295 Å². The number of fused-ring (bicyclic) bond motifs is 1. The van der Waals surface area contributed by atoms with Gasteiger partial charge in [-0.1, -0.05) is 60.7 Å². The Hall–Kier alpha value is -5.56. The van der Waals surface area contributed by atoms with Gasteiger partial charge >= 0.3 is 6.09 Å². The summed E-state index contributed by atoms with van der Waals surface area (Å²) < 4.78 is 5.74. The molecule has 1 aliphatic rings. The van der Waals surface area contributed by atoms with E-state index in [4.69, 9.17) is 4.74 Å². The molecule has 3 heterocycles. The Bertz CT molecular complexity index is 2010. The van der Waals surface area contributed by atoms with Gasteiger partial charge in [-0.2, -0.15) is 0 Å². The van der Waals surface area contributed by atoms with E-state index < -0.39 is 12.2 Å². The fourth-order valence-electron chi connectivity index (χ4n) is 6.26. The summed E-state index contributed by atoms with van der Waals surface area (Å²) in [7, 11) is 0. The van der Waals surface area contributed by atoms with Gasteiger partial charge in [0.15, 0.2) is 0 Å². The number of piperidine rings is 1. The summed E-state index contributed by atoms with van der Waals surface area (Å²) in [6.45, 7) is 3.00. The first-order valence-corrected chi connectivity index (χ1v) is 17.1. The van der Waals surface area contributed by atoms with Crippen molar-refractivity contribution in [2.24, 2.45) is 0 Å². The lowest BCUT2D eigenvalue weighted by Gasteiger charge is -2.31. The van der Waals surface area contributed by atoms with Crippen molar-refractivity contribution in [3.05, 3.63) is 124 Å². The van der Waals surface area contributed by atoms with Crippen molar-refractivity contribution in [1.29, 1.82) is 0 Å². The normalized spacial score (nSPS) is 14.2. The van der Waals surface area contributed by atoms with Crippen molar-refractivity contribution in [1.82, 2.24) is 25.5 Å². The third-order valence-corrected chi connectivity index (χ3v) is 8.95. The molecule has 6 N–H and O–H groups in total. The maximum atomic E-state index is 12.7. The topological polar surface area (TPSA) is 169 Å². The van der Waals surface area contributed by atoms with Gasteiger partial charge in [-0.25, -0.2) is 4.79 Å². The van der Waals surface area contributed by atoms with Crippen LogP contribution in [0.2, 0.25) is 0 Å². The molecular formula is C39H42N6O6. The third kappa shape index (κ3) is 9.57. The number of nitrogens with zero attached hydrogens (tertiary/aromatic N) is 2. The number of rotatable bonds is 13. The number of phenolic OH excluding ortho intramolecular Hbond substituents is 1. The molecule has 0 unspecified atom stereocenters. The molecule has 3 aromatic carbocycles. The minimum atomic E-state index is -0.882. The highest BCUT2D eigenvalue weighted by atomic mass is 16.6. The van der Waals surface area contributed by atoms with E-state index >= 15 is 0 Å².